The fraction of sp³-hybridized carbons (Fsp3) is 0.375. The number of aliphatic carboxylic acids is 1. The minimum absolute atomic E-state index is 0.617. The summed E-state index contributed by atoms with van der Waals surface area (Å²) in [4.78, 5) is 17.8. The molecule has 2 aromatic heterocycles. The highest BCUT2D eigenvalue weighted by Crippen LogP contribution is 2.30. The number of hydrogen-bond donors (Lipinski definition) is 1. The summed E-state index contributed by atoms with van der Waals surface area (Å²) >= 11 is 0. The van der Waals surface area contributed by atoms with Gasteiger partial charge in [0, 0.05) is 25.4 Å². The Morgan fingerprint density at radius 2 is 2.05 bits per heavy atom. The van der Waals surface area contributed by atoms with Crippen LogP contribution in [0.3, 0.4) is 0 Å². The first kappa shape index (κ1) is 13.7. The van der Waals surface area contributed by atoms with E-state index in [0.29, 0.717) is 11.8 Å². The predicted molar refractivity (Wildman–Crippen MR) is 82.4 cm³/mol. The zero-order valence-electron chi connectivity index (χ0n) is 12.2. The third kappa shape index (κ3) is 2.51. The lowest BCUT2D eigenvalue weighted by molar-refractivity contribution is -0.131. The van der Waals surface area contributed by atoms with E-state index in [1.807, 2.05) is 28.8 Å². The Kier molecular flexibility index (Phi) is 3.41. The standard InChI is InChI=1S/C16H19N3O2/c1-11-9-18(10-12(11)2)16-13(6-7-15(20)21)19-8-4-3-5-14(19)17-16/h3-8,11-12H,9-10H2,1-2H3,(H,20,21). The minimum Gasteiger partial charge on any atom is -0.478 e. The van der Waals surface area contributed by atoms with E-state index in [9.17, 15) is 4.79 Å². The van der Waals surface area contributed by atoms with Gasteiger partial charge in [-0.1, -0.05) is 19.9 Å². The lowest BCUT2D eigenvalue weighted by Gasteiger charge is -2.16. The quantitative estimate of drug-likeness (QED) is 0.880. The molecule has 0 saturated carbocycles. The van der Waals surface area contributed by atoms with Gasteiger partial charge in [-0.2, -0.15) is 0 Å². The zero-order valence-corrected chi connectivity index (χ0v) is 12.2. The zero-order chi connectivity index (χ0) is 15.0. The van der Waals surface area contributed by atoms with Crippen LogP contribution < -0.4 is 4.90 Å². The van der Waals surface area contributed by atoms with E-state index in [0.717, 1.165) is 30.2 Å². The lowest BCUT2D eigenvalue weighted by atomic mass is 10.0. The second kappa shape index (κ2) is 5.24. The molecule has 0 radical (unpaired) electrons. The van der Waals surface area contributed by atoms with Crippen LogP contribution in [0.2, 0.25) is 0 Å². The van der Waals surface area contributed by atoms with Crippen molar-refractivity contribution < 1.29 is 9.90 Å². The first-order chi connectivity index (χ1) is 10.1. The molecular formula is C16H19N3O2. The molecule has 5 heteroatoms. The van der Waals surface area contributed by atoms with Crippen molar-refractivity contribution in [2.24, 2.45) is 11.8 Å². The van der Waals surface area contributed by atoms with Gasteiger partial charge in [0.05, 0.1) is 5.69 Å². The van der Waals surface area contributed by atoms with Crippen LogP contribution in [-0.4, -0.2) is 33.6 Å². The largest absolute Gasteiger partial charge is 0.478 e. The maximum atomic E-state index is 10.8. The fourth-order valence-electron chi connectivity index (χ4n) is 2.84. The average Bonchev–Trinajstić information content (AvgIpc) is 2.97. The van der Waals surface area contributed by atoms with Crippen molar-refractivity contribution in [3.8, 4) is 0 Å². The van der Waals surface area contributed by atoms with Gasteiger partial charge in [-0.3, -0.25) is 4.40 Å². The van der Waals surface area contributed by atoms with E-state index in [1.165, 1.54) is 6.08 Å². The van der Waals surface area contributed by atoms with Crippen molar-refractivity contribution in [2.75, 3.05) is 18.0 Å². The monoisotopic (exact) mass is 285 g/mol. The molecule has 0 bridgehead atoms. The van der Waals surface area contributed by atoms with Crippen LogP contribution in [0.25, 0.3) is 11.7 Å². The molecule has 3 heterocycles. The Morgan fingerprint density at radius 1 is 1.33 bits per heavy atom. The molecule has 0 aromatic carbocycles. The third-order valence-corrected chi connectivity index (χ3v) is 4.22. The van der Waals surface area contributed by atoms with Crippen LogP contribution in [0.1, 0.15) is 19.5 Å². The number of rotatable bonds is 3. The molecule has 1 aliphatic heterocycles. The summed E-state index contributed by atoms with van der Waals surface area (Å²) in [5.41, 5.74) is 1.67. The van der Waals surface area contributed by atoms with Gasteiger partial charge in [-0.05, 0) is 30.0 Å². The molecule has 3 rings (SSSR count). The summed E-state index contributed by atoms with van der Waals surface area (Å²) in [5, 5.41) is 8.89. The highest BCUT2D eigenvalue weighted by Gasteiger charge is 2.29. The number of fused-ring (bicyclic) bond motifs is 1. The van der Waals surface area contributed by atoms with Gasteiger partial charge >= 0.3 is 5.97 Å². The number of anilines is 1. The molecule has 1 aliphatic rings. The van der Waals surface area contributed by atoms with Crippen LogP contribution in [0.5, 0.6) is 0 Å². The number of carboxylic acid groups (broad SMARTS) is 1. The van der Waals surface area contributed by atoms with Crippen LogP contribution in [0, 0.1) is 11.8 Å². The second-order valence-electron chi connectivity index (χ2n) is 5.78. The Balaban J connectivity index is 2.08. The number of carbonyl (C=O) groups is 1. The number of nitrogens with zero attached hydrogens (tertiary/aromatic N) is 3. The second-order valence-corrected chi connectivity index (χ2v) is 5.78. The van der Waals surface area contributed by atoms with Crippen molar-refractivity contribution in [3.63, 3.8) is 0 Å². The molecule has 0 aliphatic carbocycles. The van der Waals surface area contributed by atoms with E-state index in [4.69, 9.17) is 5.11 Å². The van der Waals surface area contributed by atoms with Crippen LogP contribution >= 0.6 is 0 Å². The molecule has 110 valence electrons. The number of aromatic nitrogens is 2. The van der Waals surface area contributed by atoms with Crippen LogP contribution in [0.4, 0.5) is 5.82 Å². The molecule has 21 heavy (non-hydrogen) atoms. The topological polar surface area (TPSA) is 57.8 Å². The molecular weight excluding hydrogens is 266 g/mol. The molecule has 0 amide bonds. The van der Waals surface area contributed by atoms with Gasteiger partial charge in [0.15, 0.2) is 5.82 Å². The van der Waals surface area contributed by atoms with Gasteiger partial charge in [-0.25, -0.2) is 9.78 Å². The Hall–Kier alpha value is -2.30. The summed E-state index contributed by atoms with van der Waals surface area (Å²) in [6, 6.07) is 5.79. The number of imidazole rings is 1. The SMILES string of the molecule is CC1CN(c2nc3ccccn3c2C=CC(=O)O)CC1C. The number of hydrogen-bond acceptors (Lipinski definition) is 3. The first-order valence-electron chi connectivity index (χ1n) is 7.19. The van der Waals surface area contributed by atoms with E-state index in [2.05, 4.69) is 23.7 Å². The van der Waals surface area contributed by atoms with E-state index >= 15 is 0 Å². The minimum atomic E-state index is -0.949. The third-order valence-electron chi connectivity index (χ3n) is 4.22. The summed E-state index contributed by atoms with van der Waals surface area (Å²) in [6.07, 6.45) is 4.71. The maximum absolute atomic E-state index is 10.8. The summed E-state index contributed by atoms with van der Waals surface area (Å²) in [5.74, 6) is 1.15. The normalized spacial score (nSPS) is 22.5. The smallest absolute Gasteiger partial charge is 0.328 e. The average molecular weight is 285 g/mol. The lowest BCUT2D eigenvalue weighted by Crippen LogP contribution is -2.20. The molecule has 5 nitrogen and oxygen atoms in total. The van der Waals surface area contributed by atoms with Gasteiger partial charge in [0.2, 0.25) is 0 Å². The van der Waals surface area contributed by atoms with Crippen molar-refractivity contribution in [3.05, 3.63) is 36.2 Å². The van der Waals surface area contributed by atoms with Gasteiger partial charge in [0.25, 0.3) is 0 Å². The predicted octanol–water partition coefficient (Wildman–Crippen LogP) is 2.52. The highest BCUT2D eigenvalue weighted by atomic mass is 16.4. The first-order valence-corrected chi connectivity index (χ1v) is 7.19. The van der Waals surface area contributed by atoms with E-state index in [-0.39, 0.29) is 0 Å². The Bertz CT molecular complexity index is 695. The molecule has 1 N–H and O–H groups in total. The molecule has 1 fully saturated rings. The summed E-state index contributed by atoms with van der Waals surface area (Å²) in [7, 11) is 0. The molecule has 1 saturated heterocycles. The maximum Gasteiger partial charge on any atom is 0.328 e. The fourth-order valence-corrected chi connectivity index (χ4v) is 2.84. The Labute approximate surface area is 123 Å². The highest BCUT2D eigenvalue weighted by molar-refractivity contribution is 5.86. The van der Waals surface area contributed by atoms with Crippen LogP contribution in [-0.2, 0) is 4.79 Å². The summed E-state index contributed by atoms with van der Waals surface area (Å²) in [6.45, 7) is 6.40. The van der Waals surface area contributed by atoms with E-state index < -0.39 is 5.97 Å². The van der Waals surface area contributed by atoms with Gasteiger partial charge in [-0.15, -0.1) is 0 Å². The van der Waals surface area contributed by atoms with E-state index in [1.54, 1.807) is 6.08 Å². The number of carboxylic acids is 1. The summed E-state index contributed by atoms with van der Waals surface area (Å²) < 4.78 is 1.93. The number of pyridine rings is 1. The molecule has 2 unspecified atom stereocenters. The van der Waals surface area contributed by atoms with Crippen molar-refractivity contribution in [1.29, 1.82) is 0 Å². The Morgan fingerprint density at radius 3 is 2.71 bits per heavy atom. The van der Waals surface area contributed by atoms with Gasteiger partial charge in [0.1, 0.15) is 5.65 Å². The van der Waals surface area contributed by atoms with Gasteiger partial charge < -0.3 is 10.0 Å². The molecule has 2 aromatic rings. The van der Waals surface area contributed by atoms with Crippen molar-refractivity contribution >= 4 is 23.5 Å². The van der Waals surface area contributed by atoms with Crippen molar-refractivity contribution in [1.82, 2.24) is 9.38 Å². The molecule has 0 spiro atoms. The van der Waals surface area contributed by atoms with Crippen molar-refractivity contribution in [2.45, 2.75) is 13.8 Å². The molecule has 2 atom stereocenters. The van der Waals surface area contributed by atoms with Crippen LogP contribution in [0.15, 0.2) is 30.5 Å².